The third-order valence-electron chi connectivity index (χ3n) is 7.45. The number of benzene rings is 3. The quantitative estimate of drug-likeness (QED) is 0.0546. The van der Waals surface area contributed by atoms with Gasteiger partial charge in [-0.1, -0.05) is 18.2 Å². The molecule has 4 rings (SSSR count). The van der Waals surface area contributed by atoms with Crippen molar-refractivity contribution >= 4 is 35.6 Å². The lowest BCUT2D eigenvalue weighted by Gasteiger charge is -2.23. The van der Waals surface area contributed by atoms with E-state index in [1.807, 2.05) is 48.0 Å². The summed E-state index contributed by atoms with van der Waals surface area (Å²) in [6.45, 7) is 6.47. The van der Waals surface area contributed by atoms with Crippen LogP contribution in [0.25, 0.3) is 33.4 Å². The molecule has 2 aromatic rings. The molecule has 42 heavy (non-hydrogen) atoms. The highest BCUT2D eigenvalue weighted by Gasteiger charge is 2.37. The largest absolute Gasteiger partial charge is 0.744 e. The van der Waals surface area contributed by atoms with Crippen LogP contribution in [0.4, 0.5) is 5.69 Å². The average molecular weight is 615 g/mol. The zero-order chi connectivity index (χ0) is 30.5. The summed E-state index contributed by atoms with van der Waals surface area (Å²) in [6, 6.07) is 18.3. The zero-order valence-corrected chi connectivity index (χ0v) is 26.7. The molecule has 0 aromatic heterocycles. The normalized spacial score (nSPS) is 13.1. The fourth-order valence-corrected chi connectivity index (χ4v) is 7.29. The molecule has 0 atom stereocenters. The molecule has 1 aliphatic carbocycles. The van der Waals surface area contributed by atoms with Gasteiger partial charge in [-0.3, -0.25) is 0 Å². The molecule has 2 aliphatic rings. The van der Waals surface area contributed by atoms with Crippen molar-refractivity contribution in [2.75, 3.05) is 59.7 Å². The number of ether oxygens (including phenoxy) is 1. The molecule has 12 heteroatoms. The second-order valence-electron chi connectivity index (χ2n) is 9.74. The van der Waals surface area contributed by atoms with Gasteiger partial charge in [-0.15, -0.1) is 0 Å². The summed E-state index contributed by atoms with van der Waals surface area (Å²) in [4.78, 5) is 1.93. The molecule has 0 bridgehead atoms. The summed E-state index contributed by atoms with van der Waals surface area (Å²) < 4.78 is 67.5. The summed E-state index contributed by atoms with van der Waals surface area (Å²) in [5.41, 5.74) is 3.20. The van der Waals surface area contributed by atoms with Gasteiger partial charge in [0.15, 0.2) is 0 Å². The number of fused-ring (bicyclic) bond motifs is 2. The summed E-state index contributed by atoms with van der Waals surface area (Å²) in [7, 11) is -0.871. The number of hydrogen-bond donors (Lipinski definition) is 0. The Morgan fingerprint density at radius 2 is 1.62 bits per heavy atom. The molecule has 0 spiro atoms. The van der Waals surface area contributed by atoms with Crippen LogP contribution in [0.2, 0.25) is 6.04 Å². The highest BCUT2D eigenvalue weighted by Crippen LogP contribution is 2.42. The molecule has 1 heterocycles. The Kier molecular flexibility index (Phi) is 10.2. The number of hydrogen-bond acceptors (Lipinski definition) is 9. The first-order chi connectivity index (χ1) is 20.1. The topological polar surface area (TPSA) is 114 Å². The van der Waals surface area contributed by atoms with E-state index in [-0.39, 0.29) is 11.6 Å². The predicted molar refractivity (Wildman–Crippen MR) is 163 cm³/mol. The number of nitrogens with zero attached hydrogens (tertiary/aromatic N) is 2. The van der Waals surface area contributed by atoms with Gasteiger partial charge >= 0.3 is 8.80 Å². The number of anilines is 1. The minimum atomic E-state index is -4.74. The highest BCUT2D eigenvalue weighted by atomic mass is 32.2. The summed E-state index contributed by atoms with van der Waals surface area (Å²) in [5, 5.41) is 1.54. The molecular weight excluding hydrogens is 576 g/mol. The predicted octanol–water partition coefficient (Wildman–Crippen LogP) is 4.21. The van der Waals surface area contributed by atoms with Crippen LogP contribution in [0.15, 0.2) is 70.0 Å². The average Bonchev–Trinajstić information content (AvgIpc) is 3.00. The first-order valence-electron chi connectivity index (χ1n) is 13.7. The van der Waals surface area contributed by atoms with E-state index in [1.165, 1.54) is 6.07 Å². The zero-order valence-electron chi connectivity index (χ0n) is 24.9. The first kappa shape index (κ1) is 31.8. The van der Waals surface area contributed by atoms with Gasteiger partial charge < -0.3 is 31.9 Å². The summed E-state index contributed by atoms with van der Waals surface area (Å²) in [5.74, 6) is 0.543. The van der Waals surface area contributed by atoms with Crippen LogP contribution in [-0.4, -0.2) is 76.6 Å². The maximum Gasteiger partial charge on any atom is 0.502 e. The van der Waals surface area contributed by atoms with Gasteiger partial charge in [-0.05, 0) is 38.1 Å². The second-order valence-corrected chi connectivity index (χ2v) is 14.2. The smallest absolute Gasteiger partial charge is 0.502 e. The van der Waals surface area contributed by atoms with Crippen molar-refractivity contribution in [1.82, 2.24) is 4.58 Å². The standard InChI is InChI=1S/C30H38N2O8SSi/c1-7-32(8-2)23-14-16-25-28(20-23)40-27-19-22(31(3)21-39-17-18-42(36-4,37-5)38-6)13-15-24(27)30(25)26-11-9-10-12-29(26)41(33,34)35/h9-16,19-20H,7-8,17-18,21H2,1-6H3. The summed E-state index contributed by atoms with van der Waals surface area (Å²) in [6.07, 6.45) is 0. The van der Waals surface area contributed by atoms with Crippen LogP contribution >= 0.6 is 0 Å². The van der Waals surface area contributed by atoms with E-state index in [0.717, 1.165) is 24.1 Å². The third-order valence-corrected chi connectivity index (χ3v) is 11.0. The van der Waals surface area contributed by atoms with Crippen molar-refractivity contribution < 1.29 is 35.4 Å². The molecule has 0 unspecified atom stereocenters. The Labute approximate surface area is 248 Å². The van der Waals surface area contributed by atoms with Crippen molar-refractivity contribution in [2.24, 2.45) is 0 Å². The Balaban J connectivity index is 1.85. The van der Waals surface area contributed by atoms with Gasteiger partial charge in [0, 0.05) is 80.4 Å². The minimum Gasteiger partial charge on any atom is -0.744 e. The van der Waals surface area contributed by atoms with Crippen LogP contribution in [0.1, 0.15) is 13.8 Å². The maximum absolute atomic E-state index is 12.3. The van der Waals surface area contributed by atoms with Crippen LogP contribution in [0, 0.1) is 0 Å². The molecule has 0 saturated heterocycles. The van der Waals surface area contributed by atoms with Crippen LogP contribution < -0.4 is 14.8 Å². The molecule has 10 nitrogen and oxygen atoms in total. The molecule has 0 radical (unpaired) electrons. The van der Waals surface area contributed by atoms with E-state index < -0.39 is 18.9 Å². The van der Waals surface area contributed by atoms with E-state index in [0.29, 0.717) is 46.1 Å². The van der Waals surface area contributed by atoms with Gasteiger partial charge in [0.2, 0.25) is 12.1 Å². The van der Waals surface area contributed by atoms with Crippen molar-refractivity contribution in [3.8, 4) is 22.5 Å². The van der Waals surface area contributed by atoms with E-state index in [4.69, 9.17) is 22.4 Å². The van der Waals surface area contributed by atoms with Crippen molar-refractivity contribution in [3.63, 3.8) is 0 Å². The van der Waals surface area contributed by atoms with E-state index in [2.05, 4.69) is 18.7 Å². The Morgan fingerprint density at radius 3 is 2.26 bits per heavy atom. The van der Waals surface area contributed by atoms with Crippen molar-refractivity contribution in [1.29, 1.82) is 0 Å². The molecule has 1 aliphatic heterocycles. The van der Waals surface area contributed by atoms with Gasteiger partial charge in [0.05, 0.1) is 17.6 Å². The fourth-order valence-electron chi connectivity index (χ4n) is 5.10. The fraction of sp³-hybridized carbons (Fsp3) is 0.367. The molecular formula is C30H38N2O8SSi. The van der Waals surface area contributed by atoms with Gasteiger partial charge in [0.25, 0.3) is 0 Å². The minimum absolute atomic E-state index is 0.274. The highest BCUT2D eigenvalue weighted by molar-refractivity contribution is 7.85. The lowest BCUT2D eigenvalue weighted by atomic mass is 9.93. The van der Waals surface area contributed by atoms with Crippen molar-refractivity contribution in [3.05, 3.63) is 66.0 Å². The lowest BCUT2D eigenvalue weighted by molar-refractivity contribution is 0.0843. The molecule has 0 amide bonds. The van der Waals surface area contributed by atoms with Crippen LogP contribution in [0.5, 0.6) is 0 Å². The first-order valence-corrected chi connectivity index (χ1v) is 17.0. The Bertz CT molecular complexity index is 1670. The lowest BCUT2D eigenvalue weighted by Crippen LogP contribution is -2.44. The second kappa shape index (κ2) is 13.5. The molecule has 0 N–H and O–H groups in total. The summed E-state index contributed by atoms with van der Waals surface area (Å²) >= 11 is 0. The molecule has 226 valence electrons. The van der Waals surface area contributed by atoms with Gasteiger partial charge in [-0.25, -0.2) is 13.0 Å². The van der Waals surface area contributed by atoms with E-state index in [9.17, 15) is 13.0 Å². The number of rotatable bonds is 13. The van der Waals surface area contributed by atoms with Gasteiger partial charge in [0.1, 0.15) is 28.5 Å². The van der Waals surface area contributed by atoms with E-state index >= 15 is 0 Å². The Morgan fingerprint density at radius 1 is 0.929 bits per heavy atom. The van der Waals surface area contributed by atoms with Crippen LogP contribution in [-0.2, 0) is 28.1 Å². The molecule has 0 fully saturated rings. The molecule has 2 aromatic carbocycles. The van der Waals surface area contributed by atoms with E-state index in [1.54, 1.807) is 39.5 Å². The monoisotopic (exact) mass is 614 g/mol. The SMILES string of the molecule is CCN(CC)c1ccc2c(-c3ccccc3S(=O)(=O)[O-])c3cc/c(=[N+](/C)COCC[Si](OC)(OC)OC)cc-3oc2c1. The van der Waals surface area contributed by atoms with Gasteiger partial charge in [-0.2, -0.15) is 0 Å². The maximum atomic E-state index is 12.3. The van der Waals surface area contributed by atoms with Crippen LogP contribution in [0.3, 0.4) is 0 Å². The van der Waals surface area contributed by atoms with Crippen molar-refractivity contribution in [2.45, 2.75) is 24.8 Å². The third kappa shape index (κ3) is 6.60. The Hall–Kier alpha value is -3.10. The molecule has 0 saturated carbocycles.